The lowest BCUT2D eigenvalue weighted by Crippen LogP contribution is -2.45. The Kier molecular flexibility index (Phi) is 4.77. The first-order chi connectivity index (χ1) is 9.19. The lowest BCUT2D eigenvalue weighted by molar-refractivity contribution is 0.141. The molecule has 2 rings (SSSR count). The molecule has 19 heavy (non-hydrogen) atoms. The molecule has 0 atom stereocenters. The number of ether oxygens (including phenoxy) is 1. The molecule has 0 amide bonds. The number of nitrogens with two attached hydrogens (primary N) is 1. The van der Waals surface area contributed by atoms with Crippen molar-refractivity contribution in [1.29, 1.82) is 0 Å². The molecule has 0 saturated heterocycles. The van der Waals surface area contributed by atoms with Crippen LogP contribution >= 0.6 is 0 Å². The molecular weight excluding hydrogens is 243 g/mol. The molecule has 0 bridgehead atoms. The maximum atomic E-state index is 13.5. The number of rotatable bonds is 7. The first kappa shape index (κ1) is 14.3. The van der Waals surface area contributed by atoms with Crippen molar-refractivity contribution >= 4 is 0 Å². The predicted molar refractivity (Wildman–Crippen MR) is 74.9 cm³/mol. The van der Waals surface area contributed by atoms with Crippen LogP contribution in [-0.4, -0.2) is 26.7 Å². The SMILES string of the molecule is COc1ccc(CCNCC2(CN)CCC2)cc1F. The molecule has 106 valence electrons. The summed E-state index contributed by atoms with van der Waals surface area (Å²) >= 11 is 0. The Morgan fingerprint density at radius 1 is 1.42 bits per heavy atom. The van der Waals surface area contributed by atoms with Gasteiger partial charge in [0, 0.05) is 6.54 Å². The maximum absolute atomic E-state index is 13.5. The highest BCUT2D eigenvalue weighted by Gasteiger charge is 2.34. The van der Waals surface area contributed by atoms with Gasteiger partial charge in [-0.1, -0.05) is 12.5 Å². The smallest absolute Gasteiger partial charge is 0.165 e. The Morgan fingerprint density at radius 3 is 2.74 bits per heavy atom. The average Bonchev–Trinajstić information content (AvgIpc) is 2.37. The van der Waals surface area contributed by atoms with E-state index in [1.807, 2.05) is 6.07 Å². The highest BCUT2D eigenvalue weighted by Crippen LogP contribution is 2.38. The average molecular weight is 266 g/mol. The molecule has 4 heteroatoms. The van der Waals surface area contributed by atoms with E-state index in [0.29, 0.717) is 11.2 Å². The van der Waals surface area contributed by atoms with Gasteiger partial charge in [0.2, 0.25) is 0 Å². The second-order valence-electron chi connectivity index (χ2n) is 5.45. The number of hydrogen-bond donors (Lipinski definition) is 2. The zero-order valence-electron chi connectivity index (χ0n) is 11.5. The fourth-order valence-corrected chi connectivity index (χ4v) is 2.58. The van der Waals surface area contributed by atoms with Gasteiger partial charge in [-0.15, -0.1) is 0 Å². The Morgan fingerprint density at radius 2 is 2.21 bits per heavy atom. The van der Waals surface area contributed by atoms with E-state index in [9.17, 15) is 4.39 Å². The van der Waals surface area contributed by atoms with Crippen LogP contribution in [0.3, 0.4) is 0 Å². The van der Waals surface area contributed by atoms with Crippen molar-refractivity contribution in [3.63, 3.8) is 0 Å². The predicted octanol–water partition coefficient (Wildman–Crippen LogP) is 2.10. The van der Waals surface area contributed by atoms with Gasteiger partial charge in [-0.25, -0.2) is 4.39 Å². The second-order valence-corrected chi connectivity index (χ2v) is 5.45. The molecule has 1 aromatic carbocycles. The zero-order valence-corrected chi connectivity index (χ0v) is 11.5. The van der Waals surface area contributed by atoms with E-state index >= 15 is 0 Å². The van der Waals surface area contributed by atoms with Crippen LogP contribution in [-0.2, 0) is 6.42 Å². The third-order valence-corrected chi connectivity index (χ3v) is 4.15. The summed E-state index contributed by atoms with van der Waals surface area (Å²) in [5.41, 5.74) is 7.12. The summed E-state index contributed by atoms with van der Waals surface area (Å²) in [5, 5.41) is 3.44. The minimum Gasteiger partial charge on any atom is -0.494 e. The third kappa shape index (κ3) is 3.45. The first-order valence-corrected chi connectivity index (χ1v) is 6.92. The third-order valence-electron chi connectivity index (χ3n) is 4.15. The topological polar surface area (TPSA) is 47.3 Å². The molecule has 0 unspecified atom stereocenters. The van der Waals surface area contributed by atoms with Gasteiger partial charge in [0.05, 0.1) is 7.11 Å². The summed E-state index contributed by atoms with van der Waals surface area (Å²) in [4.78, 5) is 0. The van der Waals surface area contributed by atoms with E-state index in [1.54, 1.807) is 12.1 Å². The molecule has 1 saturated carbocycles. The number of hydrogen-bond acceptors (Lipinski definition) is 3. The van der Waals surface area contributed by atoms with Crippen LogP contribution in [0, 0.1) is 11.2 Å². The summed E-state index contributed by atoms with van der Waals surface area (Å²) in [6.45, 7) is 2.59. The van der Waals surface area contributed by atoms with Crippen LogP contribution in [0.4, 0.5) is 4.39 Å². The van der Waals surface area contributed by atoms with Gasteiger partial charge in [0.1, 0.15) is 0 Å². The maximum Gasteiger partial charge on any atom is 0.165 e. The van der Waals surface area contributed by atoms with Crippen molar-refractivity contribution in [1.82, 2.24) is 5.32 Å². The van der Waals surface area contributed by atoms with E-state index in [4.69, 9.17) is 10.5 Å². The molecule has 1 aliphatic rings. The van der Waals surface area contributed by atoms with Crippen molar-refractivity contribution in [3.8, 4) is 5.75 Å². The summed E-state index contributed by atoms with van der Waals surface area (Å²) in [5.74, 6) is 0.00526. The lowest BCUT2D eigenvalue weighted by atomic mass is 9.69. The van der Waals surface area contributed by atoms with E-state index in [1.165, 1.54) is 26.4 Å². The molecule has 0 radical (unpaired) electrons. The van der Waals surface area contributed by atoms with Crippen molar-refractivity contribution in [3.05, 3.63) is 29.6 Å². The van der Waals surface area contributed by atoms with Crippen molar-refractivity contribution < 1.29 is 9.13 Å². The van der Waals surface area contributed by atoms with Crippen molar-refractivity contribution in [2.45, 2.75) is 25.7 Å². The standard InChI is InChI=1S/C15H23FN2O/c1-19-14-4-3-12(9-13(14)16)5-8-18-11-15(10-17)6-2-7-15/h3-4,9,18H,2,5-8,10-11,17H2,1H3. The monoisotopic (exact) mass is 266 g/mol. The molecule has 0 spiro atoms. The van der Waals surface area contributed by atoms with E-state index < -0.39 is 0 Å². The van der Waals surface area contributed by atoms with Crippen molar-refractivity contribution in [2.75, 3.05) is 26.7 Å². The van der Waals surface area contributed by atoms with E-state index in [0.717, 1.165) is 31.6 Å². The van der Waals surface area contributed by atoms with E-state index in [-0.39, 0.29) is 5.82 Å². The molecule has 3 N–H and O–H groups in total. The highest BCUT2D eigenvalue weighted by molar-refractivity contribution is 5.29. The quantitative estimate of drug-likeness (QED) is 0.743. The molecule has 3 nitrogen and oxygen atoms in total. The van der Waals surface area contributed by atoms with Gasteiger partial charge in [0.25, 0.3) is 0 Å². The fraction of sp³-hybridized carbons (Fsp3) is 0.600. The Balaban J connectivity index is 1.75. The molecule has 1 aliphatic carbocycles. The highest BCUT2D eigenvalue weighted by atomic mass is 19.1. The lowest BCUT2D eigenvalue weighted by Gasteiger charge is -2.41. The fourth-order valence-electron chi connectivity index (χ4n) is 2.58. The van der Waals surface area contributed by atoms with Gasteiger partial charge in [-0.3, -0.25) is 0 Å². The summed E-state index contributed by atoms with van der Waals surface area (Å²) in [6, 6.07) is 5.13. The van der Waals surface area contributed by atoms with Crippen LogP contribution < -0.4 is 15.8 Å². The van der Waals surface area contributed by atoms with Crippen molar-refractivity contribution in [2.24, 2.45) is 11.1 Å². The van der Waals surface area contributed by atoms with Gasteiger partial charge in [-0.2, -0.15) is 0 Å². The van der Waals surface area contributed by atoms with Crippen LogP contribution in [0.5, 0.6) is 5.75 Å². The number of benzene rings is 1. The molecule has 1 fully saturated rings. The van der Waals surface area contributed by atoms with Crippen LogP contribution in [0.1, 0.15) is 24.8 Å². The Hall–Kier alpha value is -1.13. The van der Waals surface area contributed by atoms with Crippen LogP contribution in [0.2, 0.25) is 0 Å². The zero-order chi connectivity index (χ0) is 13.7. The van der Waals surface area contributed by atoms with Gasteiger partial charge in [-0.05, 0) is 55.5 Å². The summed E-state index contributed by atoms with van der Waals surface area (Å²) in [7, 11) is 1.48. The Bertz CT molecular complexity index is 413. The number of methoxy groups -OCH3 is 1. The molecule has 0 aliphatic heterocycles. The molecule has 0 aromatic heterocycles. The first-order valence-electron chi connectivity index (χ1n) is 6.92. The van der Waals surface area contributed by atoms with Crippen LogP contribution in [0.15, 0.2) is 18.2 Å². The number of nitrogens with one attached hydrogen (secondary N) is 1. The second kappa shape index (κ2) is 6.35. The summed E-state index contributed by atoms with van der Waals surface area (Å²) in [6.07, 6.45) is 4.57. The molecular formula is C15H23FN2O. The summed E-state index contributed by atoms with van der Waals surface area (Å²) < 4.78 is 18.4. The van der Waals surface area contributed by atoms with Crippen LogP contribution in [0.25, 0.3) is 0 Å². The largest absolute Gasteiger partial charge is 0.494 e. The minimum atomic E-state index is -0.294. The Labute approximate surface area is 114 Å². The van der Waals surface area contributed by atoms with E-state index in [2.05, 4.69) is 5.32 Å². The van der Waals surface area contributed by atoms with Gasteiger partial charge < -0.3 is 15.8 Å². The van der Waals surface area contributed by atoms with Gasteiger partial charge >= 0.3 is 0 Å². The molecule has 0 heterocycles. The van der Waals surface area contributed by atoms with Gasteiger partial charge in [0.15, 0.2) is 11.6 Å². The number of halogens is 1. The normalized spacial score (nSPS) is 17.0. The molecule has 1 aromatic rings. The minimum absolute atomic E-state index is 0.294.